The van der Waals surface area contributed by atoms with Crippen molar-refractivity contribution < 1.29 is 4.57 Å². The topological polar surface area (TPSA) is 23.6 Å². The lowest BCUT2D eigenvalue weighted by molar-refractivity contribution is 0.598. The molecule has 2 aromatic rings. The average molecular weight is 343 g/mol. The summed E-state index contributed by atoms with van der Waals surface area (Å²) in [6.07, 6.45) is 0. The predicted octanol–water partition coefficient (Wildman–Crippen LogP) is 3.83. The van der Waals surface area contributed by atoms with Gasteiger partial charge in [-0.3, -0.25) is 4.57 Å². The Bertz CT molecular complexity index is 683. The molecule has 0 saturated heterocycles. The molecule has 2 rings (SSSR count). The third-order valence-corrected chi connectivity index (χ3v) is 5.77. The minimum Gasteiger partial charge on any atom is -0.377 e. The van der Waals surface area contributed by atoms with Crippen molar-refractivity contribution in [1.29, 1.82) is 0 Å². The summed E-state index contributed by atoms with van der Waals surface area (Å²) in [6, 6.07) is 8.24. The highest BCUT2D eigenvalue weighted by molar-refractivity contribution is 7.61. The number of aryl methyl sites for hydroxylation is 4. The normalized spacial score (nSPS) is 10.7. The Morgan fingerprint density at radius 1 is 0.625 bits per heavy atom. The van der Waals surface area contributed by atoms with Crippen LogP contribution in [0.5, 0.6) is 0 Å². The predicted molar refractivity (Wildman–Crippen MR) is 107 cm³/mol. The second kappa shape index (κ2) is 6.94. The summed E-state index contributed by atoms with van der Waals surface area (Å²) >= 11 is 0. The molecule has 0 heterocycles. The SMILES string of the molecule is Cc1cc([P](=O)c2cc(C)c(N(C)C)c(C)c2)cc(C)c1N(C)C. The van der Waals surface area contributed by atoms with Gasteiger partial charge in [-0.2, -0.15) is 0 Å². The second-order valence-electron chi connectivity index (χ2n) is 6.94. The molecule has 0 spiro atoms. The maximum Gasteiger partial charge on any atom is 0.136 e. The number of nitrogens with zero attached hydrogens (tertiary/aromatic N) is 2. The van der Waals surface area contributed by atoms with Crippen molar-refractivity contribution in [1.82, 2.24) is 0 Å². The van der Waals surface area contributed by atoms with Crippen LogP contribution in [0.2, 0.25) is 0 Å². The maximum atomic E-state index is 13.1. The molecular formula is C20H28N2OP. The number of rotatable bonds is 4. The number of anilines is 2. The minimum atomic E-state index is -1.59. The summed E-state index contributed by atoms with van der Waals surface area (Å²) in [7, 11) is 6.59. The summed E-state index contributed by atoms with van der Waals surface area (Å²) in [5, 5.41) is 1.81. The molecule has 0 amide bonds. The number of hydrogen-bond acceptors (Lipinski definition) is 3. The Balaban J connectivity index is 2.50. The quantitative estimate of drug-likeness (QED) is 0.788. The number of hydrogen-bond donors (Lipinski definition) is 0. The molecule has 0 saturated carbocycles. The van der Waals surface area contributed by atoms with Gasteiger partial charge >= 0.3 is 0 Å². The first-order valence-corrected chi connectivity index (χ1v) is 9.43. The van der Waals surface area contributed by atoms with Gasteiger partial charge in [0.2, 0.25) is 0 Å². The standard InChI is InChI=1S/C20H28N2OP/c1-13-9-17(10-14(2)19(13)21(5)6)24(23)18-11-15(3)20(22(7)8)16(4)12-18/h9-12H,1-8H3. The Morgan fingerprint density at radius 2 is 0.875 bits per heavy atom. The molecule has 2 aromatic carbocycles. The average Bonchev–Trinajstić information content (AvgIpc) is 2.43. The van der Waals surface area contributed by atoms with Crippen LogP contribution in [-0.4, -0.2) is 28.2 Å². The molecule has 24 heavy (non-hydrogen) atoms. The third-order valence-electron chi connectivity index (χ3n) is 4.32. The van der Waals surface area contributed by atoms with E-state index in [1.165, 1.54) is 11.4 Å². The molecule has 3 nitrogen and oxygen atoms in total. The van der Waals surface area contributed by atoms with Gasteiger partial charge in [0.05, 0.1) is 0 Å². The van der Waals surface area contributed by atoms with E-state index in [0.29, 0.717) is 0 Å². The van der Waals surface area contributed by atoms with Crippen molar-refractivity contribution in [2.45, 2.75) is 27.7 Å². The molecule has 0 fully saturated rings. The van der Waals surface area contributed by atoms with Crippen molar-refractivity contribution >= 4 is 29.8 Å². The van der Waals surface area contributed by atoms with E-state index in [-0.39, 0.29) is 0 Å². The first kappa shape index (κ1) is 18.5. The molecule has 0 aliphatic carbocycles. The summed E-state index contributed by atoms with van der Waals surface area (Å²) in [5.74, 6) is 0. The minimum absolute atomic E-state index is 0.905. The van der Waals surface area contributed by atoms with E-state index in [1.807, 2.05) is 28.2 Å². The molecule has 129 valence electrons. The lowest BCUT2D eigenvalue weighted by atomic mass is 10.1. The lowest BCUT2D eigenvalue weighted by Crippen LogP contribution is -2.17. The fraction of sp³-hybridized carbons (Fsp3) is 0.400. The fourth-order valence-electron chi connectivity index (χ4n) is 3.66. The van der Waals surface area contributed by atoms with Gasteiger partial charge < -0.3 is 9.80 Å². The van der Waals surface area contributed by atoms with E-state index in [9.17, 15) is 4.57 Å². The Hall–Kier alpha value is -1.86. The van der Waals surface area contributed by atoms with Crippen molar-refractivity contribution in [2.24, 2.45) is 0 Å². The summed E-state index contributed by atoms with van der Waals surface area (Å²) in [4.78, 5) is 4.23. The van der Waals surface area contributed by atoms with Gasteiger partial charge in [0, 0.05) is 50.2 Å². The van der Waals surface area contributed by atoms with Crippen LogP contribution < -0.4 is 20.4 Å². The molecule has 0 aromatic heterocycles. The highest BCUT2D eigenvalue weighted by Gasteiger charge is 2.16. The van der Waals surface area contributed by atoms with E-state index >= 15 is 0 Å². The van der Waals surface area contributed by atoms with Crippen LogP contribution in [-0.2, 0) is 4.57 Å². The van der Waals surface area contributed by atoms with Gasteiger partial charge in [0.1, 0.15) is 7.80 Å². The van der Waals surface area contributed by atoms with Crippen LogP contribution in [0.4, 0.5) is 11.4 Å². The van der Waals surface area contributed by atoms with Crippen LogP contribution in [0.1, 0.15) is 22.3 Å². The van der Waals surface area contributed by atoms with Gasteiger partial charge in [-0.25, -0.2) is 0 Å². The van der Waals surface area contributed by atoms with Crippen molar-refractivity contribution in [3.8, 4) is 0 Å². The zero-order valence-corrected chi connectivity index (χ0v) is 17.0. The van der Waals surface area contributed by atoms with Crippen molar-refractivity contribution in [3.05, 3.63) is 46.5 Å². The molecule has 0 N–H and O–H groups in total. The largest absolute Gasteiger partial charge is 0.377 e. The summed E-state index contributed by atoms with van der Waals surface area (Å²) in [6.45, 7) is 8.34. The Kier molecular flexibility index (Phi) is 5.35. The fourth-order valence-corrected chi connectivity index (χ4v) is 5.20. The van der Waals surface area contributed by atoms with Gasteiger partial charge in [0.25, 0.3) is 0 Å². The highest BCUT2D eigenvalue weighted by Crippen LogP contribution is 2.30. The van der Waals surface area contributed by atoms with E-state index in [2.05, 4.69) is 61.8 Å². The highest BCUT2D eigenvalue weighted by atomic mass is 31.1. The summed E-state index contributed by atoms with van der Waals surface area (Å²) < 4.78 is 13.1. The monoisotopic (exact) mass is 343 g/mol. The van der Waals surface area contributed by atoms with Crippen LogP contribution in [0, 0.1) is 27.7 Å². The second-order valence-corrected chi connectivity index (χ2v) is 8.56. The molecule has 0 aliphatic heterocycles. The van der Waals surface area contributed by atoms with Gasteiger partial charge in [-0.05, 0) is 74.2 Å². The van der Waals surface area contributed by atoms with E-state index < -0.39 is 7.80 Å². The van der Waals surface area contributed by atoms with E-state index in [4.69, 9.17) is 0 Å². The van der Waals surface area contributed by atoms with Crippen LogP contribution >= 0.6 is 7.80 Å². The lowest BCUT2D eigenvalue weighted by Gasteiger charge is -2.21. The smallest absolute Gasteiger partial charge is 0.136 e. The molecule has 0 unspecified atom stereocenters. The first-order valence-electron chi connectivity index (χ1n) is 8.18. The van der Waals surface area contributed by atoms with Crippen LogP contribution in [0.25, 0.3) is 0 Å². The number of benzene rings is 2. The Labute approximate surface area is 147 Å². The molecule has 0 atom stereocenters. The zero-order chi connectivity index (χ0) is 18.2. The first-order chi connectivity index (χ1) is 11.1. The van der Waals surface area contributed by atoms with E-state index in [0.717, 1.165) is 32.9 Å². The molecular weight excluding hydrogens is 315 g/mol. The van der Waals surface area contributed by atoms with Gasteiger partial charge in [-0.1, -0.05) is 0 Å². The van der Waals surface area contributed by atoms with Gasteiger partial charge in [-0.15, -0.1) is 0 Å². The summed E-state index contributed by atoms with van der Waals surface area (Å²) in [5.41, 5.74) is 7.07. The molecule has 0 aliphatic rings. The molecule has 0 bridgehead atoms. The van der Waals surface area contributed by atoms with Crippen LogP contribution in [0.15, 0.2) is 24.3 Å². The van der Waals surface area contributed by atoms with Crippen molar-refractivity contribution in [3.63, 3.8) is 0 Å². The van der Waals surface area contributed by atoms with E-state index in [1.54, 1.807) is 0 Å². The maximum absolute atomic E-state index is 13.1. The van der Waals surface area contributed by atoms with Crippen molar-refractivity contribution in [2.75, 3.05) is 38.0 Å². The third kappa shape index (κ3) is 3.47. The van der Waals surface area contributed by atoms with Gasteiger partial charge in [0.15, 0.2) is 0 Å². The molecule has 1 radical (unpaired) electrons. The molecule has 4 heteroatoms. The zero-order valence-electron chi connectivity index (χ0n) is 16.1. The van der Waals surface area contributed by atoms with Crippen LogP contribution in [0.3, 0.4) is 0 Å². The Morgan fingerprint density at radius 3 is 1.08 bits per heavy atom.